The van der Waals surface area contributed by atoms with Gasteiger partial charge in [0.05, 0.1) is 18.4 Å². The average Bonchev–Trinajstić information content (AvgIpc) is 3.08. The van der Waals surface area contributed by atoms with Crippen LogP contribution in [0, 0.1) is 28.6 Å². The van der Waals surface area contributed by atoms with E-state index in [1.54, 1.807) is 6.92 Å². The predicted molar refractivity (Wildman–Crippen MR) is 141 cm³/mol. The Morgan fingerprint density at radius 3 is 2.05 bits per heavy atom. The standard InChI is InChI=1S/C27H42Cl2N2O6/c1-26(2)17(12-13-27(26,3)25(35)36)22(32)31-20(24(34)37-4)14-15-8-10-16(11-9-15)30-23(33)21-18(28)6-5-7-19(21)29/h15-21H,5-14H2,1-4H3,(H,30,33)(H,31,32)(H,35,36)/t15?,16?,17-,18?,19?,20-,21?,27+/m1/s1. The van der Waals surface area contributed by atoms with Crippen molar-refractivity contribution in [2.45, 2.75) is 108 Å². The van der Waals surface area contributed by atoms with Gasteiger partial charge in [0.2, 0.25) is 11.8 Å². The van der Waals surface area contributed by atoms with Crippen molar-refractivity contribution in [2.75, 3.05) is 7.11 Å². The molecule has 2 amide bonds. The quantitative estimate of drug-likeness (QED) is 0.301. The van der Waals surface area contributed by atoms with Crippen molar-refractivity contribution in [3.8, 4) is 0 Å². The van der Waals surface area contributed by atoms with Gasteiger partial charge in [0.25, 0.3) is 0 Å². The van der Waals surface area contributed by atoms with E-state index in [2.05, 4.69) is 10.6 Å². The molecule has 3 aliphatic rings. The number of carbonyl (C=O) groups is 4. The van der Waals surface area contributed by atoms with Gasteiger partial charge in [0, 0.05) is 22.7 Å². The fourth-order valence-corrected chi connectivity index (χ4v) is 7.53. The molecule has 0 aromatic carbocycles. The van der Waals surface area contributed by atoms with E-state index in [-0.39, 0.29) is 40.4 Å². The zero-order chi connectivity index (χ0) is 27.5. The lowest BCUT2D eigenvalue weighted by atomic mass is 9.65. The van der Waals surface area contributed by atoms with E-state index in [1.165, 1.54) is 7.11 Å². The molecule has 0 aliphatic heterocycles. The SMILES string of the molecule is COC(=O)[C@@H](CC1CCC(NC(=O)C2C(Cl)CCCC2Cl)CC1)NC(=O)[C@H]1CC[C@@](C)(C(=O)O)C1(C)C. The number of carbonyl (C=O) groups excluding carboxylic acids is 3. The van der Waals surface area contributed by atoms with Crippen LogP contribution in [-0.4, -0.2) is 58.8 Å². The van der Waals surface area contributed by atoms with Crippen molar-refractivity contribution in [3.05, 3.63) is 0 Å². The Kier molecular flexibility index (Phi) is 9.82. The van der Waals surface area contributed by atoms with Crippen molar-refractivity contribution in [1.82, 2.24) is 10.6 Å². The molecular weight excluding hydrogens is 519 g/mol. The molecule has 0 aromatic rings. The van der Waals surface area contributed by atoms with Crippen LogP contribution in [0.3, 0.4) is 0 Å². The Hall–Kier alpha value is -1.54. The Morgan fingerprint density at radius 1 is 0.946 bits per heavy atom. The number of hydrogen-bond acceptors (Lipinski definition) is 5. The Bertz CT molecular complexity index is 865. The van der Waals surface area contributed by atoms with E-state index in [4.69, 9.17) is 27.9 Å². The van der Waals surface area contributed by atoms with Gasteiger partial charge in [-0.25, -0.2) is 4.79 Å². The average molecular weight is 562 g/mol. The summed E-state index contributed by atoms with van der Waals surface area (Å²) in [6, 6.07) is -0.755. The first-order valence-electron chi connectivity index (χ1n) is 13.5. The van der Waals surface area contributed by atoms with Gasteiger partial charge in [-0.05, 0) is 76.0 Å². The van der Waals surface area contributed by atoms with Gasteiger partial charge < -0.3 is 20.5 Å². The molecule has 5 atom stereocenters. The van der Waals surface area contributed by atoms with E-state index < -0.39 is 34.7 Å². The smallest absolute Gasteiger partial charge is 0.328 e. The molecule has 3 N–H and O–H groups in total. The Labute approximate surface area is 229 Å². The van der Waals surface area contributed by atoms with Gasteiger partial charge in [0.1, 0.15) is 6.04 Å². The van der Waals surface area contributed by atoms with Crippen LogP contribution in [0.25, 0.3) is 0 Å². The van der Waals surface area contributed by atoms with E-state index in [0.717, 1.165) is 44.9 Å². The number of aliphatic carboxylic acids is 1. The molecule has 10 heteroatoms. The summed E-state index contributed by atoms with van der Waals surface area (Å²) in [5.41, 5.74) is -1.77. The minimum Gasteiger partial charge on any atom is -0.481 e. The number of carboxylic acid groups (broad SMARTS) is 1. The van der Waals surface area contributed by atoms with E-state index >= 15 is 0 Å². The molecule has 0 heterocycles. The monoisotopic (exact) mass is 560 g/mol. The highest BCUT2D eigenvalue weighted by molar-refractivity contribution is 6.26. The third-order valence-corrected chi connectivity index (χ3v) is 10.6. The molecule has 0 aromatic heterocycles. The highest BCUT2D eigenvalue weighted by Crippen LogP contribution is 2.56. The van der Waals surface area contributed by atoms with Crippen molar-refractivity contribution in [3.63, 3.8) is 0 Å². The minimum atomic E-state index is -1.01. The molecule has 0 saturated heterocycles. The van der Waals surface area contributed by atoms with Gasteiger partial charge in [-0.1, -0.05) is 20.3 Å². The Balaban J connectivity index is 1.55. The number of amides is 2. The van der Waals surface area contributed by atoms with E-state index in [0.29, 0.717) is 19.3 Å². The summed E-state index contributed by atoms with van der Waals surface area (Å²) in [5.74, 6) is -2.48. The number of esters is 1. The first-order chi connectivity index (χ1) is 17.3. The summed E-state index contributed by atoms with van der Waals surface area (Å²) >= 11 is 12.8. The summed E-state index contributed by atoms with van der Waals surface area (Å²) in [7, 11) is 1.30. The zero-order valence-corrected chi connectivity index (χ0v) is 23.9. The second-order valence-corrected chi connectivity index (χ2v) is 13.1. The van der Waals surface area contributed by atoms with Crippen LogP contribution >= 0.6 is 23.2 Å². The molecule has 0 spiro atoms. The first kappa shape index (κ1) is 30.0. The summed E-state index contributed by atoms with van der Waals surface area (Å²) < 4.78 is 4.98. The summed E-state index contributed by atoms with van der Waals surface area (Å²) in [4.78, 5) is 50.6. The van der Waals surface area contributed by atoms with Crippen LogP contribution in [0.4, 0.5) is 0 Å². The lowest BCUT2D eigenvalue weighted by Crippen LogP contribution is -2.50. The third-order valence-electron chi connectivity index (χ3n) is 9.62. The number of carboxylic acids is 1. The molecular formula is C27H42Cl2N2O6. The maximum absolute atomic E-state index is 13.2. The predicted octanol–water partition coefficient (Wildman–Crippen LogP) is 4.25. The maximum Gasteiger partial charge on any atom is 0.328 e. The maximum atomic E-state index is 13.2. The second kappa shape index (κ2) is 12.1. The largest absolute Gasteiger partial charge is 0.481 e. The molecule has 0 radical (unpaired) electrons. The van der Waals surface area contributed by atoms with E-state index in [1.807, 2.05) is 13.8 Å². The zero-order valence-electron chi connectivity index (χ0n) is 22.4. The van der Waals surface area contributed by atoms with Crippen LogP contribution in [0.15, 0.2) is 0 Å². The van der Waals surface area contributed by atoms with Gasteiger partial charge in [-0.15, -0.1) is 23.2 Å². The molecule has 3 aliphatic carbocycles. The number of nitrogens with one attached hydrogen (secondary N) is 2. The summed E-state index contributed by atoms with van der Waals surface area (Å²) in [5, 5.41) is 15.3. The normalized spacial score (nSPS) is 36.3. The third kappa shape index (κ3) is 6.38. The fourth-order valence-electron chi connectivity index (χ4n) is 6.57. The van der Waals surface area contributed by atoms with Crippen LogP contribution in [0.5, 0.6) is 0 Å². The lowest BCUT2D eigenvalue weighted by Gasteiger charge is -2.38. The molecule has 0 bridgehead atoms. The minimum absolute atomic E-state index is 0.0394. The second-order valence-electron chi connectivity index (χ2n) is 12.0. The number of ether oxygens (including phenoxy) is 1. The van der Waals surface area contributed by atoms with Crippen molar-refractivity contribution in [2.24, 2.45) is 28.6 Å². The van der Waals surface area contributed by atoms with Gasteiger partial charge in [-0.2, -0.15) is 0 Å². The highest BCUT2D eigenvalue weighted by atomic mass is 35.5. The van der Waals surface area contributed by atoms with Gasteiger partial charge in [-0.3, -0.25) is 14.4 Å². The topological polar surface area (TPSA) is 122 Å². The number of alkyl halides is 2. The number of methoxy groups -OCH3 is 1. The van der Waals surface area contributed by atoms with Crippen molar-refractivity contribution >= 4 is 47.0 Å². The van der Waals surface area contributed by atoms with Crippen LogP contribution in [0.1, 0.15) is 85.0 Å². The summed E-state index contributed by atoms with van der Waals surface area (Å²) in [6.45, 7) is 5.31. The molecule has 37 heavy (non-hydrogen) atoms. The van der Waals surface area contributed by atoms with Gasteiger partial charge in [0.15, 0.2) is 0 Å². The number of halogens is 2. The lowest BCUT2D eigenvalue weighted by molar-refractivity contribution is -0.156. The Morgan fingerprint density at radius 2 is 1.54 bits per heavy atom. The number of hydrogen-bond donors (Lipinski definition) is 3. The van der Waals surface area contributed by atoms with Crippen LogP contribution in [0.2, 0.25) is 0 Å². The van der Waals surface area contributed by atoms with E-state index in [9.17, 15) is 24.3 Å². The molecule has 3 rings (SSSR count). The highest BCUT2D eigenvalue weighted by Gasteiger charge is 2.58. The van der Waals surface area contributed by atoms with Crippen LogP contribution < -0.4 is 10.6 Å². The molecule has 2 unspecified atom stereocenters. The van der Waals surface area contributed by atoms with Crippen LogP contribution in [-0.2, 0) is 23.9 Å². The molecule has 3 saturated carbocycles. The number of rotatable bonds is 8. The van der Waals surface area contributed by atoms with Gasteiger partial charge >= 0.3 is 11.9 Å². The molecule has 210 valence electrons. The molecule has 8 nitrogen and oxygen atoms in total. The fraction of sp³-hybridized carbons (Fsp3) is 0.852. The van der Waals surface area contributed by atoms with Crippen molar-refractivity contribution in [1.29, 1.82) is 0 Å². The van der Waals surface area contributed by atoms with Crippen molar-refractivity contribution < 1.29 is 29.0 Å². The molecule has 3 fully saturated rings. The summed E-state index contributed by atoms with van der Waals surface area (Å²) in [6.07, 6.45) is 6.99. The first-order valence-corrected chi connectivity index (χ1v) is 14.4.